The molecule has 1 aliphatic rings. The smallest absolute Gasteiger partial charge is 0.276 e. The number of hydrogen-bond acceptors (Lipinski definition) is 5. The fourth-order valence-corrected chi connectivity index (χ4v) is 3.51. The molecule has 0 radical (unpaired) electrons. The van der Waals surface area contributed by atoms with Gasteiger partial charge in [0.05, 0.1) is 12.1 Å². The second kappa shape index (κ2) is 8.61. The van der Waals surface area contributed by atoms with Crippen molar-refractivity contribution in [2.24, 2.45) is 0 Å². The third kappa shape index (κ3) is 4.07. The van der Waals surface area contributed by atoms with Crippen molar-refractivity contribution in [3.8, 4) is 11.6 Å². The maximum absolute atomic E-state index is 12.2. The maximum Gasteiger partial charge on any atom is 0.276 e. The van der Waals surface area contributed by atoms with Crippen molar-refractivity contribution >= 4 is 58.2 Å². The quantitative estimate of drug-likeness (QED) is 0.401. The Hall–Kier alpha value is -1.93. The first-order valence-corrected chi connectivity index (χ1v) is 9.44. The lowest BCUT2D eigenvalue weighted by Gasteiger charge is -2.44. The van der Waals surface area contributed by atoms with E-state index in [1.54, 1.807) is 24.3 Å². The van der Waals surface area contributed by atoms with Crippen molar-refractivity contribution < 1.29 is 19.1 Å². The van der Waals surface area contributed by atoms with E-state index >= 15 is 0 Å². The number of rotatable bonds is 6. The molecule has 2 atom stereocenters. The maximum atomic E-state index is 12.2. The SMILES string of the molecule is COc1ccccc1C1C(Cl)C(=O)N1NC(=O)COc1nc(Cl)c(Cl)cc1Cl. The average molecular weight is 465 g/mol. The number of benzene rings is 1. The Labute approximate surface area is 180 Å². The van der Waals surface area contributed by atoms with E-state index in [9.17, 15) is 9.59 Å². The molecule has 1 aromatic heterocycles. The molecule has 0 aliphatic carbocycles. The first-order valence-electron chi connectivity index (χ1n) is 7.87. The predicted octanol–water partition coefficient (Wildman–Crippen LogP) is 3.65. The molecule has 2 aromatic rings. The number of ether oxygens (including phenoxy) is 2. The number of methoxy groups -OCH3 is 1. The highest BCUT2D eigenvalue weighted by Gasteiger charge is 2.49. The van der Waals surface area contributed by atoms with Crippen LogP contribution in [0.1, 0.15) is 11.6 Å². The largest absolute Gasteiger partial charge is 0.496 e. The summed E-state index contributed by atoms with van der Waals surface area (Å²) < 4.78 is 10.6. The number of para-hydroxylation sites is 1. The van der Waals surface area contributed by atoms with Gasteiger partial charge in [-0.3, -0.25) is 15.0 Å². The van der Waals surface area contributed by atoms with Gasteiger partial charge in [-0.25, -0.2) is 5.01 Å². The molecule has 1 saturated heterocycles. The second-order valence-corrected chi connectivity index (χ2v) is 7.31. The lowest BCUT2D eigenvalue weighted by Crippen LogP contribution is -2.63. The molecule has 1 aromatic carbocycles. The second-order valence-electron chi connectivity index (χ2n) is 5.67. The summed E-state index contributed by atoms with van der Waals surface area (Å²) in [5.41, 5.74) is 3.13. The topological polar surface area (TPSA) is 80.8 Å². The summed E-state index contributed by atoms with van der Waals surface area (Å²) in [7, 11) is 1.51. The third-order valence-corrected chi connectivity index (χ3v) is 5.30. The molecule has 0 saturated carbocycles. The van der Waals surface area contributed by atoms with Crippen LogP contribution in [0.25, 0.3) is 0 Å². The van der Waals surface area contributed by atoms with Crippen LogP contribution in [0.15, 0.2) is 30.3 Å². The van der Waals surface area contributed by atoms with Crippen LogP contribution in [-0.4, -0.2) is 40.9 Å². The number of carbonyl (C=O) groups excluding carboxylic acids is 2. The molecule has 3 rings (SSSR count). The lowest BCUT2D eigenvalue weighted by atomic mass is 9.94. The summed E-state index contributed by atoms with van der Waals surface area (Å²) in [5, 5.41) is 0.534. The molecule has 1 aliphatic heterocycles. The van der Waals surface area contributed by atoms with Crippen LogP contribution in [-0.2, 0) is 9.59 Å². The van der Waals surface area contributed by atoms with Gasteiger partial charge in [0.25, 0.3) is 11.8 Å². The predicted molar refractivity (Wildman–Crippen MR) is 105 cm³/mol. The fraction of sp³-hybridized carbons (Fsp3) is 0.235. The summed E-state index contributed by atoms with van der Waals surface area (Å²) in [6.45, 7) is -0.458. The first-order chi connectivity index (χ1) is 13.3. The number of β-lactam (4-membered cyclic amide) rings is 1. The van der Waals surface area contributed by atoms with Crippen molar-refractivity contribution in [1.29, 1.82) is 0 Å². The van der Waals surface area contributed by atoms with Gasteiger partial charge in [-0.15, -0.1) is 11.6 Å². The average Bonchev–Trinajstić information content (AvgIpc) is 2.69. The highest BCUT2D eigenvalue weighted by molar-refractivity contribution is 6.42. The number of pyridine rings is 1. The van der Waals surface area contributed by atoms with E-state index < -0.39 is 29.8 Å². The standard InChI is InChI=1S/C17H13Cl4N3O4/c1-27-11-5-3-2-4-8(11)14-13(20)17(26)24(14)23-12(25)7-28-16-10(19)6-9(18)15(21)22-16/h2-6,13-14H,7H2,1H3,(H,23,25). The minimum absolute atomic E-state index is 0.0133. The molecule has 28 heavy (non-hydrogen) atoms. The lowest BCUT2D eigenvalue weighted by molar-refractivity contribution is -0.157. The minimum atomic E-state index is -0.830. The molecule has 1 N–H and O–H groups in total. The summed E-state index contributed by atoms with van der Waals surface area (Å²) in [6, 6.07) is 7.84. The van der Waals surface area contributed by atoms with E-state index in [1.165, 1.54) is 13.2 Å². The zero-order valence-corrected chi connectivity index (χ0v) is 17.3. The molecule has 2 unspecified atom stereocenters. The van der Waals surface area contributed by atoms with Crippen LogP contribution < -0.4 is 14.9 Å². The summed E-state index contributed by atoms with van der Waals surface area (Å²) in [4.78, 5) is 28.2. The van der Waals surface area contributed by atoms with Gasteiger partial charge in [0.15, 0.2) is 11.8 Å². The molecule has 0 bridgehead atoms. The van der Waals surface area contributed by atoms with Gasteiger partial charge in [0.2, 0.25) is 5.88 Å². The Kier molecular flexibility index (Phi) is 6.40. The molecule has 11 heteroatoms. The normalized spacial score (nSPS) is 18.5. The number of halogens is 4. The molecule has 2 amide bonds. The van der Waals surface area contributed by atoms with E-state index in [-0.39, 0.29) is 21.1 Å². The van der Waals surface area contributed by atoms with Gasteiger partial charge in [0.1, 0.15) is 22.2 Å². The fourth-order valence-electron chi connectivity index (χ4n) is 2.62. The molecule has 0 spiro atoms. The zero-order chi connectivity index (χ0) is 20.4. The van der Waals surface area contributed by atoms with Crippen molar-refractivity contribution in [3.63, 3.8) is 0 Å². The highest BCUT2D eigenvalue weighted by Crippen LogP contribution is 2.41. The minimum Gasteiger partial charge on any atom is -0.496 e. The summed E-state index contributed by atoms with van der Waals surface area (Å²) >= 11 is 23.7. The summed E-state index contributed by atoms with van der Waals surface area (Å²) in [6.07, 6.45) is 0. The van der Waals surface area contributed by atoms with Gasteiger partial charge in [0, 0.05) is 5.56 Å². The number of carbonyl (C=O) groups is 2. The number of nitrogens with zero attached hydrogens (tertiary/aromatic N) is 2. The Morgan fingerprint density at radius 1 is 1.25 bits per heavy atom. The van der Waals surface area contributed by atoms with Gasteiger partial charge in [-0.2, -0.15) is 4.98 Å². The number of amides is 2. The van der Waals surface area contributed by atoms with Gasteiger partial charge in [-0.05, 0) is 12.1 Å². The van der Waals surface area contributed by atoms with Crippen LogP contribution in [0.5, 0.6) is 11.6 Å². The molecular weight excluding hydrogens is 452 g/mol. The van der Waals surface area contributed by atoms with Gasteiger partial charge >= 0.3 is 0 Å². The first kappa shape index (κ1) is 20.8. The van der Waals surface area contributed by atoms with Crippen LogP contribution in [0, 0.1) is 0 Å². The number of hydrazine groups is 1. The van der Waals surface area contributed by atoms with Crippen molar-refractivity contribution in [1.82, 2.24) is 15.4 Å². The van der Waals surface area contributed by atoms with E-state index in [0.717, 1.165) is 5.01 Å². The Morgan fingerprint density at radius 2 is 1.96 bits per heavy atom. The molecular formula is C17H13Cl4N3O4. The highest BCUT2D eigenvalue weighted by atomic mass is 35.5. The van der Waals surface area contributed by atoms with E-state index in [4.69, 9.17) is 55.9 Å². The van der Waals surface area contributed by atoms with E-state index in [2.05, 4.69) is 10.4 Å². The number of alkyl halides is 1. The van der Waals surface area contributed by atoms with Crippen molar-refractivity contribution in [2.75, 3.05) is 13.7 Å². The molecule has 7 nitrogen and oxygen atoms in total. The monoisotopic (exact) mass is 463 g/mol. The Balaban J connectivity index is 1.67. The zero-order valence-electron chi connectivity index (χ0n) is 14.3. The van der Waals surface area contributed by atoms with Gasteiger partial charge < -0.3 is 9.47 Å². The van der Waals surface area contributed by atoms with Gasteiger partial charge in [-0.1, -0.05) is 53.0 Å². The van der Waals surface area contributed by atoms with Crippen LogP contribution >= 0.6 is 46.4 Å². The van der Waals surface area contributed by atoms with E-state index in [0.29, 0.717) is 11.3 Å². The molecule has 2 heterocycles. The molecule has 1 fully saturated rings. The number of nitrogens with one attached hydrogen (secondary N) is 1. The number of hydrogen-bond donors (Lipinski definition) is 1. The number of aromatic nitrogens is 1. The van der Waals surface area contributed by atoms with Crippen LogP contribution in [0.3, 0.4) is 0 Å². The van der Waals surface area contributed by atoms with Crippen molar-refractivity contribution in [3.05, 3.63) is 51.1 Å². The molecule has 148 valence electrons. The summed E-state index contributed by atoms with van der Waals surface area (Å²) in [5.74, 6) is -0.567. The Bertz CT molecular complexity index is 927. The van der Waals surface area contributed by atoms with Crippen molar-refractivity contribution in [2.45, 2.75) is 11.4 Å². The Morgan fingerprint density at radius 3 is 2.68 bits per heavy atom. The van der Waals surface area contributed by atoms with Crippen LogP contribution in [0.2, 0.25) is 15.2 Å². The van der Waals surface area contributed by atoms with Crippen LogP contribution in [0.4, 0.5) is 0 Å². The third-order valence-electron chi connectivity index (χ3n) is 3.93. The van der Waals surface area contributed by atoms with E-state index in [1.807, 2.05) is 0 Å².